The van der Waals surface area contributed by atoms with Crippen molar-refractivity contribution in [3.8, 4) is 22.4 Å². The molecule has 2 nitrogen and oxygen atoms in total. The Morgan fingerprint density at radius 1 is 0.750 bits per heavy atom. The van der Waals surface area contributed by atoms with Gasteiger partial charge in [-0.2, -0.15) is 0 Å². The molecule has 1 aromatic heterocycles. The van der Waals surface area contributed by atoms with Gasteiger partial charge in [0, 0.05) is 16.1 Å². The average Bonchev–Trinajstić information content (AvgIpc) is 2.49. The van der Waals surface area contributed by atoms with Crippen LogP contribution in [0.25, 0.3) is 22.4 Å². The summed E-state index contributed by atoms with van der Waals surface area (Å²) in [6.07, 6.45) is 0. The first-order chi connectivity index (χ1) is 9.74. The number of benzene rings is 2. The Labute approximate surface area is 122 Å². The van der Waals surface area contributed by atoms with E-state index in [2.05, 4.69) is 4.98 Å². The lowest BCUT2D eigenvalue weighted by Gasteiger charge is -2.10. The van der Waals surface area contributed by atoms with Crippen molar-refractivity contribution < 1.29 is 0 Å². The summed E-state index contributed by atoms with van der Waals surface area (Å²) in [4.78, 5) is 4.49. The van der Waals surface area contributed by atoms with Crippen molar-refractivity contribution in [1.29, 1.82) is 0 Å². The van der Waals surface area contributed by atoms with E-state index in [-0.39, 0.29) is 0 Å². The third-order valence-corrected chi connectivity index (χ3v) is 3.37. The smallest absolute Gasteiger partial charge is 0.124 e. The molecule has 98 valence electrons. The van der Waals surface area contributed by atoms with Crippen LogP contribution in [-0.2, 0) is 0 Å². The lowest BCUT2D eigenvalue weighted by Crippen LogP contribution is -1.95. The fraction of sp³-hybridized carbons (Fsp3) is 0. The van der Waals surface area contributed by atoms with Crippen LogP contribution >= 0.6 is 11.6 Å². The number of nitrogens with two attached hydrogens (primary N) is 1. The van der Waals surface area contributed by atoms with Gasteiger partial charge in [0.25, 0.3) is 0 Å². The van der Waals surface area contributed by atoms with Crippen molar-refractivity contribution >= 4 is 17.4 Å². The van der Waals surface area contributed by atoms with Crippen LogP contribution in [0, 0.1) is 0 Å². The van der Waals surface area contributed by atoms with Gasteiger partial charge in [-0.25, -0.2) is 4.98 Å². The molecule has 0 unspecified atom stereocenters. The van der Waals surface area contributed by atoms with Gasteiger partial charge in [0.2, 0.25) is 0 Å². The van der Waals surface area contributed by atoms with Gasteiger partial charge >= 0.3 is 0 Å². The number of anilines is 1. The van der Waals surface area contributed by atoms with Crippen molar-refractivity contribution in [3.05, 3.63) is 71.8 Å². The Balaban J connectivity index is 2.19. The maximum absolute atomic E-state index is 5.95. The van der Waals surface area contributed by atoms with Crippen molar-refractivity contribution in [3.63, 3.8) is 0 Å². The van der Waals surface area contributed by atoms with Gasteiger partial charge in [-0.15, -0.1) is 0 Å². The fourth-order valence-electron chi connectivity index (χ4n) is 2.15. The van der Waals surface area contributed by atoms with Crippen LogP contribution in [0.3, 0.4) is 0 Å². The number of halogens is 1. The van der Waals surface area contributed by atoms with Crippen LogP contribution in [0.2, 0.25) is 5.02 Å². The van der Waals surface area contributed by atoms with E-state index in [1.165, 1.54) is 0 Å². The molecule has 20 heavy (non-hydrogen) atoms. The van der Waals surface area contributed by atoms with Gasteiger partial charge in [0.15, 0.2) is 0 Å². The highest BCUT2D eigenvalue weighted by molar-refractivity contribution is 6.30. The number of pyridine rings is 1. The predicted octanol–water partition coefficient (Wildman–Crippen LogP) is 4.65. The number of hydrogen-bond acceptors (Lipinski definition) is 2. The van der Waals surface area contributed by atoms with Gasteiger partial charge in [-0.3, -0.25) is 0 Å². The molecule has 0 spiro atoms. The Bertz CT molecular complexity index is 722. The number of hydrogen-bond donors (Lipinski definition) is 1. The first-order valence-corrected chi connectivity index (χ1v) is 6.70. The van der Waals surface area contributed by atoms with Crippen LogP contribution in [0.1, 0.15) is 0 Å². The van der Waals surface area contributed by atoms with E-state index in [9.17, 15) is 0 Å². The van der Waals surface area contributed by atoms with E-state index >= 15 is 0 Å². The maximum atomic E-state index is 5.95. The number of aromatic nitrogens is 1. The van der Waals surface area contributed by atoms with E-state index in [0.29, 0.717) is 5.82 Å². The van der Waals surface area contributed by atoms with Crippen molar-refractivity contribution in [2.45, 2.75) is 0 Å². The number of nitrogens with zero attached hydrogens (tertiary/aromatic N) is 1. The molecule has 0 atom stereocenters. The lowest BCUT2D eigenvalue weighted by molar-refractivity contribution is 1.33. The summed E-state index contributed by atoms with van der Waals surface area (Å²) in [5.74, 6) is 0.515. The summed E-state index contributed by atoms with van der Waals surface area (Å²) in [7, 11) is 0. The summed E-state index contributed by atoms with van der Waals surface area (Å²) in [6, 6.07) is 21.6. The van der Waals surface area contributed by atoms with Gasteiger partial charge < -0.3 is 5.73 Å². The van der Waals surface area contributed by atoms with Crippen LogP contribution in [0.15, 0.2) is 66.7 Å². The van der Waals surface area contributed by atoms with E-state index in [4.69, 9.17) is 17.3 Å². The van der Waals surface area contributed by atoms with Crippen LogP contribution in [0.4, 0.5) is 5.82 Å². The summed E-state index contributed by atoms with van der Waals surface area (Å²) in [6.45, 7) is 0. The van der Waals surface area contributed by atoms with Gasteiger partial charge in [-0.05, 0) is 29.8 Å². The molecule has 3 rings (SSSR count). The zero-order chi connectivity index (χ0) is 13.9. The predicted molar refractivity (Wildman–Crippen MR) is 84.5 cm³/mol. The highest BCUT2D eigenvalue weighted by Gasteiger charge is 2.09. The Morgan fingerprint density at radius 3 is 2.15 bits per heavy atom. The third kappa shape index (κ3) is 2.51. The van der Waals surface area contributed by atoms with E-state index in [1.54, 1.807) is 0 Å². The second kappa shape index (κ2) is 5.35. The Morgan fingerprint density at radius 2 is 1.45 bits per heavy atom. The van der Waals surface area contributed by atoms with Crippen molar-refractivity contribution in [2.75, 3.05) is 5.73 Å². The summed E-state index contributed by atoms with van der Waals surface area (Å²) in [5.41, 5.74) is 9.88. The van der Waals surface area contributed by atoms with E-state index in [0.717, 1.165) is 27.4 Å². The molecule has 1 heterocycles. The molecular weight excluding hydrogens is 268 g/mol. The molecule has 3 heteroatoms. The molecule has 0 aliphatic rings. The SMILES string of the molecule is Nc1ccc(-c2ccc(Cl)cc2)c(-c2ccccc2)n1. The Hall–Kier alpha value is -2.32. The summed E-state index contributed by atoms with van der Waals surface area (Å²) >= 11 is 5.95. The third-order valence-electron chi connectivity index (χ3n) is 3.12. The highest BCUT2D eigenvalue weighted by atomic mass is 35.5. The standard InChI is InChI=1S/C17H13ClN2/c18-14-8-6-12(7-9-14)15-10-11-16(19)20-17(15)13-4-2-1-3-5-13/h1-11H,(H2,19,20). The number of rotatable bonds is 2. The molecule has 2 N–H and O–H groups in total. The monoisotopic (exact) mass is 280 g/mol. The lowest BCUT2D eigenvalue weighted by atomic mass is 9.99. The molecule has 0 saturated heterocycles. The van der Waals surface area contributed by atoms with E-state index in [1.807, 2.05) is 66.7 Å². The summed E-state index contributed by atoms with van der Waals surface area (Å²) < 4.78 is 0. The first-order valence-electron chi connectivity index (χ1n) is 6.32. The van der Waals surface area contributed by atoms with Crippen molar-refractivity contribution in [1.82, 2.24) is 4.98 Å². The second-order valence-corrected chi connectivity index (χ2v) is 4.94. The van der Waals surface area contributed by atoms with Gasteiger partial charge in [0.05, 0.1) is 5.69 Å². The molecule has 0 fully saturated rings. The van der Waals surface area contributed by atoms with Crippen molar-refractivity contribution in [2.24, 2.45) is 0 Å². The van der Waals surface area contributed by atoms with Crippen LogP contribution in [-0.4, -0.2) is 4.98 Å². The topological polar surface area (TPSA) is 38.9 Å². The molecule has 0 radical (unpaired) electrons. The summed E-state index contributed by atoms with van der Waals surface area (Å²) in [5, 5.41) is 0.721. The van der Waals surface area contributed by atoms with Crippen LogP contribution in [0.5, 0.6) is 0 Å². The minimum absolute atomic E-state index is 0.515. The van der Waals surface area contributed by atoms with E-state index < -0.39 is 0 Å². The molecule has 0 aliphatic carbocycles. The largest absolute Gasteiger partial charge is 0.384 e. The zero-order valence-electron chi connectivity index (χ0n) is 10.8. The Kier molecular flexibility index (Phi) is 3.40. The van der Waals surface area contributed by atoms with Gasteiger partial charge in [-0.1, -0.05) is 54.1 Å². The minimum atomic E-state index is 0.515. The zero-order valence-corrected chi connectivity index (χ0v) is 11.5. The second-order valence-electron chi connectivity index (χ2n) is 4.51. The molecule has 0 saturated carbocycles. The minimum Gasteiger partial charge on any atom is -0.384 e. The highest BCUT2D eigenvalue weighted by Crippen LogP contribution is 2.31. The first kappa shape index (κ1) is 12.7. The fourth-order valence-corrected chi connectivity index (χ4v) is 2.28. The molecular formula is C17H13ClN2. The molecule has 0 bridgehead atoms. The average molecular weight is 281 g/mol. The van der Waals surface area contributed by atoms with Crippen LogP contribution < -0.4 is 5.73 Å². The van der Waals surface area contributed by atoms with Gasteiger partial charge in [0.1, 0.15) is 5.82 Å². The molecule has 2 aromatic carbocycles. The number of nitrogen functional groups attached to an aromatic ring is 1. The quantitative estimate of drug-likeness (QED) is 0.742. The normalized spacial score (nSPS) is 10.4. The molecule has 0 amide bonds. The molecule has 3 aromatic rings. The maximum Gasteiger partial charge on any atom is 0.124 e. The molecule has 0 aliphatic heterocycles.